The van der Waals surface area contributed by atoms with Gasteiger partial charge in [0.2, 0.25) is 0 Å². The van der Waals surface area contributed by atoms with Crippen molar-refractivity contribution in [3.8, 4) is 0 Å². The van der Waals surface area contributed by atoms with Crippen molar-refractivity contribution in [1.82, 2.24) is 0 Å². The average Bonchev–Trinajstić information content (AvgIpc) is 2.72. The van der Waals surface area contributed by atoms with Gasteiger partial charge < -0.3 is 34.0 Å². The Labute approximate surface area is 208 Å². The van der Waals surface area contributed by atoms with Crippen molar-refractivity contribution < 1.29 is 34.0 Å². The van der Waals surface area contributed by atoms with Crippen LogP contribution in [0.1, 0.15) is 0 Å². The van der Waals surface area contributed by atoms with Crippen LogP contribution in [-0.4, -0.2) is 23.1 Å². The smallest absolute Gasteiger partial charge is 1.00 e. The van der Waals surface area contributed by atoms with Crippen molar-refractivity contribution in [3.63, 3.8) is 0 Å². The molecule has 0 spiro atoms. The molecule has 0 N–H and O–H groups in total. The molecule has 4 aromatic rings. The van der Waals surface area contributed by atoms with Gasteiger partial charge in [-0.05, 0) is 36.4 Å². The maximum absolute atomic E-state index is 2.89. The first-order valence-electron chi connectivity index (χ1n) is 8.26. The third-order valence-corrected chi connectivity index (χ3v) is 5.77. The third kappa shape index (κ3) is 8.54. The maximum atomic E-state index is 2.89. The van der Waals surface area contributed by atoms with Gasteiger partial charge in [-0.15, -0.1) is 0 Å². The molecule has 0 saturated carbocycles. The number of hydrogen-bond donors (Lipinski definition) is 0. The average molecular weight is 525 g/mol. The number of halogens is 2. The van der Waals surface area contributed by atoms with E-state index < -0.39 is 0 Å². The summed E-state index contributed by atoms with van der Waals surface area (Å²) in [5.41, 5.74) is 0. The van der Waals surface area contributed by atoms with E-state index in [0.29, 0.717) is 0 Å². The second-order valence-corrected chi connectivity index (χ2v) is 7.35. The van der Waals surface area contributed by atoms with Gasteiger partial charge >= 0.3 is 23.1 Å². The first-order chi connectivity index (χ1) is 12.4. The molecule has 0 bridgehead atoms. The summed E-state index contributed by atoms with van der Waals surface area (Å²) in [6.07, 6.45) is 0. The van der Waals surface area contributed by atoms with Gasteiger partial charge in [-0.25, -0.2) is 0 Å². The van der Waals surface area contributed by atoms with E-state index in [1.54, 1.807) is 0 Å². The van der Waals surface area contributed by atoms with Crippen LogP contribution >= 0.6 is 0 Å². The molecule has 4 heteroatoms. The van der Waals surface area contributed by atoms with Crippen LogP contribution in [-0.2, 0) is 10.9 Å². The van der Waals surface area contributed by atoms with Gasteiger partial charge in [-0.2, -0.15) is 36.4 Å². The fraction of sp³-hybridized carbons (Fsp3) is 0. The number of hydrogen-bond acceptors (Lipinski definition) is 0. The fourth-order valence-corrected chi connectivity index (χ4v) is 4.52. The van der Waals surface area contributed by atoms with E-state index >= 15 is 0 Å². The van der Waals surface area contributed by atoms with Gasteiger partial charge in [0, 0.05) is 0 Å². The third-order valence-electron chi connectivity index (χ3n) is 3.54. The summed E-state index contributed by atoms with van der Waals surface area (Å²) in [6.45, 7) is 0. The van der Waals surface area contributed by atoms with Crippen molar-refractivity contribution in [1.29, 1.82) is 0 Å². The van der Waals surface area contributed by atoms with Crippen LogP contribution < -0.4 is 34.0 Å². The van der Waals surface area contributed by atoms with Crippen LogP contribution in [0, 0.1) is 6.07 Å². The minimum absolute atomic E-state index is 0. The Balaban J connectivity index is 0.000000704. The summed E-state index contributed by atoms with van der Waals surface area (Å²) < 4.78 is 0. The van der Waals surface area contributed by atoms with Crippen molar-refractivity contribution >= 4 is 33.9 Å². The number of benzene rings is 4. The Hall–Kier alpha value is -1.04. The zero-order chi connectivity index (χ0) is 17.2. The van der Waals surface area contributed by atoms with Crippen LogP contribution in [0.25, 0.3) is 0 Å². The molecule has 0 aliphatic rings. The van der Waals surface area contributed by atoms with Crippen LogP contribution in [0.3, 0.4) is 0 Å². The first kappa shape index (κ1) is 27.0. The molecule has 0 aliphatic carbocycles. The molecular weight excluding hydrogens is 504 g/mol. The molecule has 0 atom stereocenters. The molecule has 0 amide bonds. The van der Waals surface area contributed by atoms with Crippen molar-refractivity contribution in [2.45, 2.75) is 14.7 Å². The molecule has 138 valence electrons. The van der Waals surface area contributed by atoms with Gasteiger partial charge in [-0.3, -0.25) is 0 Å². The molecule has 4 rings (SSSR count). The van der Waals surface area contributed by atoms with Crippen molar-refractivity contribution in [2.75, 3.05) is 0 Å². The van der Waals surface area contributed by atoms with Gasteiger partial charge in [0.25, 0.3) is 0 Å². The summed E-state index contributed by atoms with van der Waals surface area (Å²) in [4.78, 5) is 4.08. The summed E-state index contributed by atoms with van der Waals surface area (Å²) in [5, 5.41) is 0. The summed E-state index contributed by atoms with van der Waals surface area (Å²) in [7, 11) is -0.0146. The van der Waals surface area contributed by atoms with E-state index in [0.717, 1.165) is 0 Å². The standard InChI is InChI=1S/C18H15S.C6H5.2BrH.Mg/c1-4-10-16(11-5-1)19(17-12-6-2-7-13-17)18-14-8-3-9-15-18;1-2-4-6-5-3-1;;;/h1-15H;1-5H;2*1H;/q+1;-1;;;+2/p-2. The topological polar surface area (TPSA) is 0 Å². The molecule has 0 radical (unpaired) electrons. The molecule has 0 saturated heterocycles. The van der Waals surface area contributed by atoms with E-state index in [-0.39, 0.29) is 67.9 Å². The van der Waals surface area contributed by atoms with E-state index in [1.807, 2.05) is 30.3 Å². The Morgan fingerprint density at radius 2 is 0.714 bits per heavy atom. The molecule has 4 aromatic carbocycles. The predicted molar refractivity (Wildman–Crippen MR) is 113 cm³/mol. The van der Waals surface area contributed by atoms with Gasteiger partial charge in [0.15, 0.2) is 14.7 Å². The van der Waals surface area contributed by atoms with Crippen LogP contribution in [0.5, 0.6) is 0 Å². The summed E-state index contributed by atoms with van der Waals surface area (Å²) in [5.74, 6) is 0. The van der Waals surface area contributed by atoms with Crippen molar-refractivity contribution in [3.05, 3.63) is 127 Å². The molecular formula is C24H20Br2MgS. The normalized spacial score (nSPS) is 8.89. The first-order valence-corrected chi connectivity index (χ1v) is 9.48. The molecule has 28 heavy (non-hydrogen) atoms. The summed E-state index contributed by atoms with van der Waals surface area (Å²) >= 11 is 0. The second kappa shape index (κ2) is 15.8. The SMILES string of the molecule is [Br-].[Br-].[Mg+2].[c-]1ccccc1.c1ccc([S+](c2ccccc2)c2ccccc2)cc1. The van der Waals surface area contributed by atoms with E-state index in [4.69, 9.17) is 0 Å². The second-order valence-electron chi connectivity index (χ2n) is 5.32. The van der Waals surface area contributed by atoms with Gasteiger partial charge in [-0.1, -0.05) is 54.6 Å². The number of rotatable bonds is 3. The minimum atomic E-state index is -0.0146. The van der Waals surface area contributed by atoms with E-state index in [1.165, 1.54) is 14.7 Å². The van der Waals surface area contributed by atoms with Crippen molar-refractivity contribution in [2.24, 2.45) is 0 Å². The minimum Gasteiger partial charge on any atom is -1.00 e. The van der Waals surface area contributed by atoms with Gasteiger partial charge in [0.05, 0.1) is 10.9 Å². The molecule has 0 heterocycles. The Bertz CT molecular complexity index is 724. The molecule has 0 aromatic heterocycles. The molecule has 0 fully saturated rings. The largest absolute Gasteiger partial charge is 2.00 e. The van der Waals surface area contributed by atoms with Crippen LogP contribution in [0.2, 0.25) is 0 Å². The quantitative estimate of drug-likeness (QED) is 0.200. The van der Waals surface area contributed by atoms with E-state index in [9.17, 15) is 0 Å². The molecule has 0 nitrogen and oxygen atoms in total. The Kier molecular flexibility index (Phi) is 15.2. The van der Waals surface area contributed by atoms with Crippen LogP contribution in [0.15, 0.2) is 136 Å². The van der Waals surface area contributed by atoms with Gasteiger partial charge in [0.1, 0.15) is 0 Å². The summed E-state index contributed by atoms with van der Waals surface area (Å²) in [6, 6.07) is 44.7. The zero-order valence-corrected chi connectivity index (χ0v) is 20.8. The maximum Gasteiger partial charge on any atom is 2.00 e. The van der Waals surface area contributed by atoms with Crippen LogP contribution in [0.4, 0.5) is 0 Å². The van der Waals surface area contributed by atoms with E-state index in [2.05, 4.69) is 97.1 Å². The predicted octanol–water partition coefficient (Wildman–Crippen LogP) is -0.104. The zero-order valence-electron chi connectivity index (χ0n) is 15.4. The Morgan fingerprint density at radius 1 is 0.429 bits per heavy atom. The molecule has 0 unspecified atom stereocenters. The Morgan fingerprint density at radius 3 is 0.929 bits per heavy atom. The fourth-order valence-electron chi connectivity index (χ4n) is 2.42. The monoisotopic (exact) mass is 522 g/mol. The molecule has 0 aliphatic heterocycles.